The number of hydrogen-bond acceptors (Lipinski definition) is 4. The summed E-state index contributed by atoms with van der Waals surface area (Å²) in [6.07, 6.45) is 0.568. The maximum Gasteiger partial charge on any atom is 0.240 e. The summed E-state index contributed by atoms with van der Waals surface area (Å²) in [5, 5.41) is 5.56. The molecular weight excluding hydrogens is 190 g/mol. The Labute approximate surface area is 80.8 Å². The predicted molar refractivity (Wildman–Crippen MR) is 50.7 cm³/mol. The van der Waals surface area contributed by atoms with Crippen LogP contribution < -0.4 is 10.6 Å². The summed E-state index contributed by atoms with van der Waals surface area (Å²) in [6, 6.07) is 0. The Kier molecular flexibility index (Phi) is 4.03. The summed E-state index contributed by atoms with van der Waals surface area (Å²) in [5.41, 5.74) is 0. The van der Waals surface area contributed by atoms with Gasteiger partial charge in [-0.1, -0.05) is 0 Å². The average molecular weight is 202 g/mol. The van der Waals surface area contributed by atoms with E-state index in [0.29, 0.717) is 11.6 Å². The summed E-state index contributed by atoms with van der Waals surface area (Å²) in [5.74, 6) is 1.10. The predicted octanol–water partition coefficient (Wildman–Crippen LogP) is 1.59. The smallest absolute Gasteiger partial charge is 0.240 e. The van der Waals surface area contributed by atoms with Crippen molar-refractivity contribution in [2.75, 3.05) is 24.2 Å². The van der Waals surface area contributed by atoms with E-state index in [9.17, 15) is 8.78 Å². The van der Waals surface area contributed by atoms with Crippen LogP contribution in [0.25, 0.3) is 0 Å². The molecule has 0 fully saturated rings. The molecule has 78 valence electrons. The molecule has 0 spiro atoms. The molecule has 1 heterocycles. The van der Waals surface area contributed by atoms with Gasteiger partial charge in [0.15, 0.2) is 0 Å². The number of nitrogens with one attached hydrogen (secondary N) is 2. The molecule has 0 aliphatic heterocycles. The molecule has 0 unspecified atom stereocenters. The molecule has 6 heteroatoms. The van der Waals surface area contributed by atoms with Gasteiger partial charge in [0.25, 0.3) is 0 Å². The van der Waals surface area contributed by atoms with Gasteiger partial charge < -0.3 is 10.6 Å². The van der Waals surface area contributed by atoms with Gasteiger partial charge in [-0.05, 0) is 0 Å². The van der Waals surface area contributed by atoms with E-state index in [1.54, 1.807) is 13.2 Å². The number of alkyl halides is 2. The molecule has 2 N–H and O–H groups in total. The first-order valence-electron chi connectivity index (χ1n) is 4.24. The van der Waals surface area contributed by atoms with Crippen LogP contribution in [0.15, 0.2) is 12.4 Å². The van der Waals surface area contributed by atoms with Gasteiger partial charge >= 0.3 is 0 Å². The maximum absolute atomic E-state index is 11.8. The Balaban J connectivity index is 2.42. The highest BCUT2D eigenvalue weighted by Gasteiger charge is 2.02. The Hall–Kier alpha value is -1.46. The normalized spacial score (nSPS) is 10.3. The lowest BCUT2D eigenvalue weighted by Gasteiger charge is -2.05. The van der Waals surface area contributed by atoms with Crippen molar-refractivity contribution in [2.45, 2.75) is 12.8 Å². The first-order chi connectivity index (χ1) is 6.72. The van der Waals surface area contributed by atoms with Crippen molar-refractivity contribution < 1.29 is 8.78 Å². The largest absolute Gasteiger partial charge is 0.372 e. The fourth-order valence-corrected chi connectivity index (χ4v) is 0.881. The number of nitrogens with zero attached hydrogens (tertiary/aromatic N) is 2. The second kappa shape index (κ2) is 5.31. The van der Waals surface area contributed by atoms with Crippen molar-refractivity contribution in [3.05, 3.63) is 12.4 Å². The summed E-state index contributed by atoms with van der Waals surface area (Å²) in [4.78, 5) is 7.94. The van der Waals surface area contributed by atoms with E-state index in [-0.39, 0.29) is 13.0 Å². The second-order valence-electron chi connectivity index (χ2n) is 2.65. The second-order valence-corrected chi connectivity index (χ2v) is 2.65. The number of hydrogen-bond donors (Lipinski definition) is 2. The van der Waals surface area contributed by atoms with E-state index in [0.717, 1.165) is 0 Å². The van der Waals surface area contributed by atoms with Gasteiger partial charge in [0.05, 0.1) is 12.4 Å². The molecule has 1 rings (SSSR count). The van der Waals surface area contributed by atoms with Crippen molar-refractivity contribution in [2.24, 2.45) is 0 Å². The molecule has 0 aliphatic rings. The third-order valence-electron chi connectivity index (χ3n) is 1.56. The van der Waals surface area contributed by atoms with Gasteiger partial charge in [-0.3, -0.25) is 4.98 Å². The van der Waals surface area contributed by atoms with Crippen LogP contribution in [0.4, 0.5) is 20.4 Å². The molecule has 0 aromatic carbocycles. The topological polar surface area (TPSA) is 49.8 Å². The van der Waals surface area contributed by atoms with Gasteiger partial charge in [0.1, 0.15) is 11.6 Å². The van der Waals surface area contributed by atoms with Crippen LogP contribution in [-0.4, -0.2) is 30.0 Å². The lowest BCUT2D eigenvalue weighted by molar-refractivity contribution is 0.142. The quantitative estimate of drug-likeness (QED) is 0.761. The van der Waals surface area contributed by atoms with Crippen LogP contribution in [0.1, 0.15) is 6.42 Å². The monoisotopic (exact) mass is 202 g/mol. The van der Waals surface area contributed by atoms with E-state index in [1.807, 2.05) is 0 Å². The molecule has 0 amide bonds. The maximum atomic E-state index is 11.8. The zero-order chi connectivity index (χ0) is 10.4. The van der Waals surface area contributed by atoms with Crippen LogP contribution in [0.3, 0.4) is 0 Å². The van der Waals surface area contributed by atoms with Crippen LogP contribution in [0.5, 0.6) is 0 Å². The number of rotatable bonds is 5. The SMILES string of the molecule is CNc1cncc(NCCC(F)F)n1. The van der Waals surface area contributed by atoms with E-state index in [2.05, 4.69) is 20.6 Å². The Morgan fingerprint density at radius 3 is 2.71 bits per heavy atom. The van der Waals surface area contributed by atoms with E-state index in [1.165, 1.54) is 6.20 Å². The van der Waals surface area contributed by atoms with Gasteiger partial charge in [-0.2, -0.15) is 0 Å². The van der Waals surface area contributed by atoms with Crippen molar-refractivity contribution in [1.82, 2.24) is 9.97 Å². The van der Waals surface area contributed by atoms with Gasteiger partial charge in [-0.15, -0.1) is 0 Å². The molecule has 0 saturated carbocycles. The lowest BCUT2D eigenvalue weighted by atomic mass is 10.4. The van der Waals surface area contributed by atoms with Crippen LogP contribution in [0.2, 0.25) is 0 Å². The molecule has 0 saturated heterocycles. The molecule has 0 bridgehead atoms. The first kappa shape index (κ1) is 10.6. The summed E-state index contributed by atoms with van der Waals surface area (Å²) >= 11 is 0. The van der Waals surface area contributed by atoms with Crippen molar-refractivity contribution in [3.63, 3.8) is 0 Å². The zero-order valence-corrected chi connectivity index (χ0v) is 7.80. The average Bonchev–Trinajstić information content (AvgIpc) is 2.18. The highest BCUT2D eigenvalue weighted by atomic mass is 19.3. The molecule has 0 atom stereocenters. The summed E-state index contributed by atoms with van der Waals surface area (Å²) in [7, 11) is 1.72. The van der Waals surface area contributed by atoms with Crippen LogP contribution in [-0.2, 0) is 0 Å². The van der Waals surface area contributed by atoms with Gasteiger partial charge in [-0.25, -0.2) is 13.8 Å². The Bertz CT molecular complexity index is 280. The molecule has 14 heavy (non-hydrogen) atoms. The van der Waals surface area contributed by atoms with Crippen LogP contribution in [0, 0.1) is 0 Å². The first-order valence-corrected chi connectivity index (χ1v) is 4.24. The lowest BCUT2D eigenvalue weighted by Crippen LogP contribution is -2.08. The third kappa shape index (κ3) is 3.51. The number of aromatic nitrogens is 2. The van der Waals surface area contributed by atoms with E-state index < -0.39 is 6.43 Å². The van der Waals surface area contributed by atoms with Crippen LogP contribution >= 0.6 is 0 Å². The Morgan fingerprint density at radius 2 is 2.07 bits per heavy atom. The zero-order valence-electron chi connectivity index (χ0n) is 7.80. The van der Waals surface area contributed by atoms with E-state index >= 15 is 0 Å². The molecule has 1 aromatic heterocycles. The van der Waals surface area contributed by atoms with Crippen molar-refractivity contribution in [3.8, 4) is 0 Å². The highest BCUT2D eigenvalue weighted by Crippen LogP contribution is 2.06. The van der Waals surface area contributed by atoms with Gasteiger partial charge in [0.2, 0.25) is 6.43 Å². The minimum atomic E-state index is -2.29. The summed E-state index contributed by atoms with van der Waals surface area (Å²) in [6.45, 7) is 0.194. The fraction of sp³-hybridized carbons (Fsp3) is 0.500. The minimum absolute atomic E-state index is 0.189. The number of halogens is 2. The fourth-order valence-electron chi connectivity index (χ4n) is 0.881. The standard InChI is InChI=1S/C8H12F2N4/c1-11-7-4-12-5-8(14-7)13-3-2-6(9)10/h4-6H,2-3H2,1H3,(H2,11,13,14). The molecule has 0 aliphatic carbocycles. The third-order valence-corrected chi connectivity index (χ3v) is 1.56. The van der Waals surface area contributed by atoms with Crippen molar-refractivity contribution >= 4 is 11.6 Å². The molecule has 0 radical (unpaired) electrons. The minimum Gasteiger partial charge on any atom is -0.372 e. The summed E-state index contributed by atoms with van der Waals surface area (Å²) < 4.78 is 23.6. The molecule has 1 aromatic rings. The highest BCUT2D eigenvalue weighted by molar-refractivity contribution is 5.40. The van der Waals surface area contributed by atoms with Gasteiger partial charge in [0, 0.05) is 20.0 Å². The molecule has 4 nitrogen and oxygen atoms in total. The molecular formula is C8H12F2N4. The Morgan fingerprint density at radius 1 is 1.36 bits per heavy atom. The number of anilines is 2. The van der Waals surface area contributed by atoms with Crippen molar-refractivity contribution in [1.29, 1.82) is 0 Å². The van der Waals surface area contributed by atoms with E-state index in [4.69, 9.17) is 0 Å².